The Balaban J connectivity index is 2.07. The summed E-state index contributed by atoms with van der Waals surface area (Å²) in [4.78, 5) is 0. The standard InChI is InChI=1S/C15H21Cl3O2Si/c1-11(2)9-15(3)19-10-13-8-12(4-5-14(13)20-15)6-7-21(16,17)18/h4-5,8,11H,6-7,9-10H2,1-3H3. The lowest BCUT2D eigenvalue weighted by atomic mass is 10.0. The molecule has 0 saturated heterocycles. The first-order valence-corrected chi connectivity index (χ1v) is 12.4. The number of hydrogen-bond donors (Lipinski definition) is 0. The van der Waals surface area contributed by atoms with Gasteiger partial charge in [0.05, 0.1) is 6.61 Å². The predicted molar refractivity (Wildman–Crippen MR) is 91.5 cm³/mol. The Morgan fingerprint density at radius 1 is 1.29 bits per heavy atom. The highest BCUT2D eigenvalue weighted by atomic mass is 35.8. The zero-order valence-corrected chi connectivity index (χ0v) is 15.9. The molecule has 0 aromatic heterocycles. The molecule has 0 amide bonds. The van der Waals surface area contributed by atoms with Crippen molar-refractivity contribution in [2.24, 2.45) is 5.92 Å². The minimum atomic E-state index is -2.56. The molecule has 1 aliphatic heterocycles. The van der Waals surface area contributed by atoms with Crippen LogP contribution >= 0.6 is 33.2 Å². The fraction of sp³-hybridized carbons (Fsp3) is 0.600. The van der Waals surface area contributed by atoms with Gasteiger partial charge in [-0.3, -0.25) is 0 Å². The van der Waals surface area contributed by atoms with Crippen LogP contribution in [0.5, 0.6) is 5.75 Å². The van der Waals surface area contributed by atoms with Crippen LogP contribution in [0.1, 0.15) is 38.3 Å². The molecule has 0 radical (unpaired) electrons. The summed E-state index contributed by atoms with van der Waals surface area (Å²) in [6.07, 6.45) is 1.65. The van der Waals surface area contributed by atoms with E-state index in [1.807, 2.05) is 19.1 Å². The summed E-state index contributed by atoms with van der Waals surface area (Å²) < 4.78 is 12.0. The molecule has 1 atom stereocenters. The molecule has 1 aromatic carbocycles. The van der Waals surface area contributed by atoms with Crippen molar-refractivity contribution in [1.82, 2.24) is 0 Å². The molecule has 1 heterocycles. The van der Waals surface area contributed by atoms with E-state index in [2.05, 4.69) is 19.9 Å². The zero-order chi connectivity index (χ0) is 15.7. The Hall–Kier alpha value is 0.0669. The number of hydrogen-bond acceptors (Lipinski definition) is 2. The van der Waals surface area contributed by atoms with Gasteiger partial charge in [0.1, 0.15) is 5.75 Å². The molecule has 1 aliphatic rings. The molecule has 0 aliphatic carbocycles. The van der Waals surface area contributed by atoms with E-state index < -0.39 is 11.8 Å². The van der Waals surface area contributed by atoms with Gasteiger partial charge in [-0.15, -0.1) is 33.2 Å². The minimum absolute atomic E-state index is 0.519. The predicted octanol–water partition coefficient (Wildman–Crippen LogP) is 5.56. The number of aryl methyl sites for hydroxylation is 1. The molecular formula is C15H21Cl3O2Si. The first kappa shape index (κ1) is 17.4. The summed E-state index contributed by atoms with van der Waals surface area (Å²) in [6.45, 7) is 6.89. The number of benzene rings is 1. The van der Waals surface area contributed by atoms with Crippen LogP contribution < -0.4 is 4.74 Å². The van der Waals surface area contributed by atoms with Crippen molar-refractivity contribution in [3.63, 3.8) is 0 Å². The van der Waals surface area contributed by atoms with E-state index in [4.69, 9.17) is 42.7 Å². The molecule has 0 N–H and O–H groups in total. The van der Waals surface area contributed by atoms with Gasteiger partial charge in [0.15, 0.2) is 0 Å². The molecule has 0 spiro atoms. The SMILES string of the molecule is CC(C)CC1(C)OCc2cc(CC[Si](Cl)(Cl)Cl)ccc2O1. The summed E-state index contributed by atoms with van der Waals surface area (Å²) >= 11 is 17.8. The Kier molecular flexibility index (Phi) is 5.53. The van der Waals surface area contributed by atoms with Gasteiger partial charge < -0.3 is 9.47 Å². The van der Waals surface area contributed by atoms with Crippen molar-refractivity contribution in [3.8, 4) is 5.75 Å². The summed E-state index contributed by atoms with van der Waals surface area (Å²) in [5, 5.41) is 0. The molecule has 0 bridgehead atoms. The Bertz CT molecular complexity index is 502. The van der Waals surface area contributed by atoms with E-state index in [9.17, 15) is 0 Å². The lowest BCUT2D eigenvalue weighted by Crippen LogP contribution is -2.40. The van der Waals surface area contributed by atoms with Crippen LogP contribution in [-0.2, 0) is 17.8 Å². The van der Waals surface area contributed by atoms with Crippen LogP contribution in [0.3, 0.4) is 0 Å². The van der Waals surface area contributed by atoms with E-state index in [1.165, 1.54) is 0 Å². The maximum atomic E-state index is 6.04. The molecule has 0 fully saturated rings. The zero-order valence-electron chi connectivity index (χ0n) is 12.6. The number of halogens is 3. The third-order valence-electron chi connectivity index (χ3n) is 3.46. The van der Waals surface area contributed by atoms with Gasteiger partial charge in [0.2, 0.25) is 5.79 Å². The van der Waals surface area contributed by atoms with Crippen LogP contribution in [0.15, 0.2) is 18.2 Å². The summed E-state index contributed by atoms with van der Waals surface area (Å²) in [5.41, 5.74) is 2.23. The monoisotopic (exact) mass is 366 g/mol. The highest BCUT2D eigenvalue weighted by molar-refractivity contribution is 7.64. The maximum Gasteiger partial charge on any atom is 0.341 e. The van der Waals surface area contributed by atoms with E-state index in [0.717, 1.165) is 29.7 Å². The molecule has 6 heteroatoms. The lowest BCUT2D eigenvalue weighted by Gasteiger charge is -2.37. The van der Waals surface area contributed by atoms with Crippen molar-refractivity contribution >= 4 is 39.2 Å². The highest BCUT2D eigenvalue weighted by Gasteiger charge is 2.33. The lowest BCUT2D eigenvalue weighted by molar-refractivity contribution is -0.202. The summed E-state index contributed by atoms with van der Waals surface area (Å²) in [6, 6.07) is 4.21. The first-order valence-electron chi connectivity index (χ1n) is 7.18. The fourth-order valence-corrected chi connectivity index (χ4v) is 4.04. The molecule has 0 saturated carbocycles. The molecule has 2 rings (SSSR count). The van der Waals surface area contributed by atoms with Crippen LogP contribution in [0.4, 0.5) is 0 Å². The second-order valence-corrected chi connectivity index (χ2v) is 15.5. The van der Waals surface area contributed by atoms with Crippen LogP contribution in [0.25, 0.3) is 0 Å². The van der Waals surface area contributed by atoms with Crippen LogP contribution in [0, 0.1) is 5.92 Å². The molecule has 21 heavy (non-hydrogen) atoms. The van der Waals surface area contributed by atoms with Gasteiger partial charge in [-0.1, -0.05) is 19.9 Å². The van der Waals surface area contributed by atoms with Crippen molar-refractivity contribution in [2.75, 3.05) is 0 Å². The summed E-state index contributed by atoms with van der Waals surface area (Å²) in [7, 11) is 0. The van der Waals surface area contributed by atoms with Gasteiger partial charge in [-0.05, 0) is 36.1 Å². The Morgan fingerprint density at radius 2 is 2.00 bits per heavy atom. The van der Waals surface area contributed by atoms with Gasteiger partial charge in [0, 0.05) is 18.9 Å². The number of rotatable bonds is 5. The third-order valence-corrected chi connectivity index (χ3v) is 5.98. The second kappa shape index (κ2) is 6.67. The quantitative estimate of drug-likeness (QED) is 0.501. The van der Waals surface area contributed by atoms with Gasteiger partial charge in [-0.2, -0.15) is 0 Å². The van der Waals surface area contributed by atoms with Gasteiger partial charge >= 0.3 is 6.00 Å². The summed E-state index contributed by atoms with van der Waals surface area (Å²) in [5.74, 6) is 0.886. The average Bonchev–Trinajstić information content (AvgIpc) is 2.34. The second-order valence-electron chi connectivity index (χ2n) is 6.18. The van der Waals surface area contributed by atoms with Crippen LogP contribution in [0.2, 0.25) is 6.04 Å². The first-order chi connectivity index (χ1) is 9.67. The van der Waals surface area contributed by atoms with E-state index in [-0.39, 0.29) is 0 Å². The van der Waals surface area contributed by atoms with Gasteiger partial charge in [-0.25, -0.2) is 0 Å². The number of ether oxygens (including phenoxy) is 2. The smallest absolute Gasteiger partial charge is 0.341 e. The molecule has 118 valence electrons. The van der Waals surface area contributed by atoms with Crippen LogP contribution in [-0.4, -0.2) is 11.8 Å². The molecule has 1 unspecified atom stereocenters. The Labute approximate surface area is 141 Å². The minimum Gasteiger partial charge on any atom is -0.462 e. The highest BCUT2D eigenvalue weighted by Crippen LogP contribution is 2.36. The average molecular weight is 368 g/mol. The van der Waals surface area contributed by atoms with E-state index in [1.54, 1.807) is 0 Å². The van der Waals surface area contributed by atoms with E-state index in [0.29, 0.717) is 18.6 Å². The largest absolute Gasteiger partial charge is 0.462 e. The normalized spacial score (nSPS) is 22.0. The fourth-order valence-electron chi connectivity index (χ4n) is 2.62. The van der Waals surface area contributed by atoms with Crippen molar-refractivity contribution < 1.29 is 9.47 Å². The maximum absolute atomic E-state index is 6.04. The van der Waals surface area contributed by atoms with E-state index >= 15 is 0 Å². The molecular weight excluding hydrogens is 347 g/mol. The Morgan fingerprint density at radius 3 is 2.62 bits per heavy atom. The van der Waals surface area contributed by atoms with Crippen molar-refractivity contribution in [2.45, 2.75) is 52.1 Å². The third kappa shape index (κ3) is 5.33. The van der Waals surface area contributed by atoms with Gasteiger partial charge in [0.25, 0.3) is 0 Å². The van der Waals surface area contributed by atoms with Crippen molar-refractivity contribution in [3.05, 3.63) is 29.3 Å². The van der Waals surface area contributed by atoms with Crippen molar-refractivity contribution in [1.29, 1.82) is 0 Å². The molecule has 2 nitrogen and oxygen atoms in total. The number of fused-ring (bicyclic) bond motifs is 1. The topological polar surface area (TPSA) is 18.5 Å². The molecule has 1 aromatic rings.